The van der Waals surface area contributed by atoms with Gasteiger partial charge in [0, 0.05) is 0 Å². The second-order valence-electron chi connectivity index (χ2n) is 5.24. The molecule has 0 aliphatic rings. The van der Waals surface area contributed by atoms with Gasteiger partial charge in [0.25, 0.3) is 0 Å². The molecule has 94 valence electrons. The van der Waals surface area contributed by atoms with Crippen LogP contribution < -0.4 is 5.32 Å². The van der Waals surface area contributed by atoms with E-state index in [0.29, 0.717) is 6.67 Å². The Labute approximate surface area is 100 Å². The van der Waals surface area contributed by atoms with Crippen molar-refractivity contribution < 1.29 is 9.28 Å². The Bertz CT molecular complexity index is 216. The van der Waals surface area contributed by atoms with E-state index >= 15 is 0 Å². The molecule has 1 amide bonds. The molecule has 0 saturated carbocycles. The normalized spacial score (nSPS) is 12.0. The fourth-order valence-electron chi connectivity index (χ4n) is 1.25. The second-order valence-corrected chi connectivity index (χ2v) is 5.24. The summed E-state index contributed by atoms with van der Waals surface area (Å²) in [5.74, 6) is 0.0172. The van der Waals surface area contributed by atoms with E-state index in [0.717, 1.165) is 10.9 Å². The van der Waals surface area contributed by atoms with Gasteiger partial charge in [-0.15, -0.1) is 0 Å². The van der Waals surface area contributed by atoms with Crippen LogP contribution in [0.5, 0.6) is 0 Å². The SMILES string of the molecule is CCCCCC/C=C/C(=O)NC[N+](C)(C)C. The molecule has 0 aromatic carbocycles. The van der Waals surface area contributed by atoms with Gasteiger partial charge in [-0.2, -0.15) is 0 Å². The topological polar surface area (TPSA) is 29.1 Å². The smallest absolute Gasteiger partial charge is 0.247 e. The third-order valence-electron chi connectivity index (χ3n) is 2.22. The lowest BCUT2D eigenvalue weighted by molar-refractivity contribution is -0.872. The summed E-state index contributed by atoms with van der Waals surface area (Å²) in [6.45, 7) is 2.87. The van der Waals surface area contributed by atoms with Crippen molar-refractivity contribution in [2.24, 2.45) is 0 Å². The van der Waals surface area contributed by atoms with Gasteiger partial charge in [0.05, 0.1) is 21.1 Å². The van der Waals surface area contributed by atoms with Gasteiger partial charge in [0.15, 0.2) is 6.67 Å². The fraction of sp³-hybridized carbons (Fsp3) is 0.769. The lowest BCUT2D eigenvalue weighted by Gasteiger charge is -2.23. The standard InChI is InChI=1S/C13H26N2O/c1-5-6-7-8-9-10-11-13(16)14-12-15(2,3)4/h10-11H,5-9,12H2,1-4H3/p+1/b11-10+. The first kappa shape index (κ1) is 15.2. The van der Waals surface area contributed by atoms with E-state index in [-0.39, 0.29) is 5.91 Å². The molecule has 0 heterocycles. The van der Waals surface area contributed by atoms with Crippen LogP contribution in [-0.4, -0.2) is 38.2 Å². The monoisotopic (exact) mass is 227 g/mol. The predicted molar refractivity (Wildman–Crippen MR) is 68.9 cm³/mol. The summed E-state index contributed by atoms with van der Waals surface area (Å²) in [4.78, 5) is 11.4. The molecule has 3 nitrogen and oxygen atoms in total. The average molecular weight is 227 g/mol. The van der Waals surface area contributed by atoms with E-state index in [2.05, 4.69) is 33.4 Å². The van der Waals surface area contributed by atoms with Crippen molar-refractivity contribution >= 4 is 5.91 Å². The molecular formula is C13H27N2O+. The minimum absolute atomic E-state index is 0.0172. The second kappa shape index (κ2) is 8.34. The number of nitrogens with zero attached hydrogens (tertiary/aromatic N) is 1. The molecule has 3 heteroatoms. The van der Waals surface area contributed by atoms with E-state index in [1.807, 2.05) is 6.08 Å². The quantitative estimate of drug-likeness (QED) is 0.293. The van der Waals surface area contributed by atoms with Gasteiger partial charge >= 0.3 is 0 Å². The highest BCUT2D eigenvalue weighted by Gasteiger charge is 2.06. The number of carbonyl (C=O) groups is 1. The zero-order valence-electron chi connectivity index (χ0n) is 11.3. The third-order valence-corrected chi connectivity index (χ3v) is 2.22. The summed E-state index contributed by atoms with van der Waals surface area (Å²) in [6.07, 6.45) is 9.64. The number of nitrogens with one attached hydrogen (secondary N) is 1. The lowest BCUT2D eigenvalue weighted by atomic mass is 10.1. The number of rotatable bonds is 8. The summed E-state index contributed by atoms with van der Waals surface area (Å²) in [5, 5.41) is 2.87. The Morgan fingerprint density at radius 3 is 2.44 bits per heavy atom. The maximum atomic E-state index is 11.4. The molecule has 0 aliphatic heterocycles. The zero-order valence-corrected chi connectivity index (χ0v) is 11.3. The van der Waals surface area contributed by atoms with E-state index < -0.39 is 0 Å². The highest BCUT2D eigenvalue weighted by molar-refractivity contribution is 5.87. The van der Waals surface area contributed by atoms with Crippen molar-refractivity contribution in [3.05, 3.63) is 12.2 Å². The van der Waals surface area contributed by atoms with E-state index in [4.69, 9.17) is 0 Å². The first-order valence-corrected chi connectivity index (χ1v) is 6.20. The van der Waals surface area contributed by atoms with Crippen LogP contribution in [0, 0.1) is 0 Å². The van der Waals surface area contributed by atoms with Crippen LogP contribution in [-0.2, 0) is 4.79 Å². The molecule has 0 radical (unpaired) electrons. The van der Waals surface area contributed by atoms with Gasteiger partial charge in [-0.05, 0) is 18.9 Å². The maximum absolute atomic E-state index is 11.4. The van der Waals surface area contributed by atoms with Crippen LogP contribution in [0.2, 0.25) is 0 Å². The van der Waals surface area contributed by atoms with Gasteiger partial charge in [-0.3, -0.25) is 4.79 Å². The minimum Gasteiger partial charge on any atom is -0.314 e. The van der Waals surface area contributed by atoms with Crippen molar-refractivity contribution in [2.75, 3.05) is 27.8 Å². The van der Waals surface area contributed by atoms with Crippen molar-refractivity contribution in [3.8, 4) is 0 Å². The predicted octanol–water partition coefficient (Wildman–Crippen LogP) is 2.29. The van der Waals surface area contributed by atoms with Crippen LogP contribution in [0.1, 0.15) is 39.0 Å². The molecule has 0 atom stereocenters. The van der Waals surface area contributed by atoms with Crippen molar-refractivity contribution in [1.82, 2.24) is 5.32 Å². The van der Waals surface area contributed by atoms with Crippen molar-refractivity contribution in [2.45, 2.75) is 39.0 Å². The first-order valence-electron chi connectivity index (χ1n) is 6.20. The number of hydrogen-bond acceptors (Lipinski definition) is 1. The summed E-state index contributed by atoms with van der Waals surface area (Å²) in [6, 6.07) is 0. The molecule has 0 aromatic heterocycles. The van der Waals surface area contributed by atoms with Gasteiger partial charge in [0.1, 0.15) is 0 Å². The van der Waals surface area contributed by atoms with E-state index in [1.54, 1.807) is 6.08 Å². The molecule has 0 spiro atoms. The maximum Gasteiger partial charge on any atom is 0.247 e. The fourth-order valence-corrected chi connectivity index (χ4v) is 1.25. The van der Waals surface area contributed by atoms with Gasteiger partial charge in [-0.25, -0.2) is 0 Å². The average Bonchev–Trinajstić information content (AvgIpc) is 2.19. The van der Waals surface area contributed by atoms with Crippen LogP contribution in [0.3, 0.4) is 0 Å². The number of amides is 1. The molecule has 16 heavy (non-hydrogen) atoms. The number of carbonyl (C=O) groups excluding carboxylic acids is 1. The summed E-state index contributed by atoms with van der Waals surface area (Å²) in [7, 11) is 6.15. The Hall–Kier alpha value is -0.830. The minimum atomic E-state index is 0.0172. The van der Waals surface area contributed by atoms with Crippen LogP contribution >= 0.6 is 0 Å². The van der Waals surface area contributed by atoms with Crippen molar-refractivity contribution in [1.29, 1.82) is 0 Å². The number of allylic oxidation sites excluding steroid dienone is 1. The third kappa shape index (κ3) is 11.2. The number of quaternary nitrogens is 1. The summed E-state index contributed by atoms with van der Waals surface area (Å²) < 4.78 is 0.746. The molecular weight excluding hydrogens is 200 g/mol. The highest BCUT2D eigenvalue weighted by atomic mass is 16.1. The van der Waals surface area contributed by atoms with Crippen LogP contribution in [0.4, 0.5) is 0 Å². The molecule has 0 bridgehead atoms. The number of unbranched alkanes of at least 4 members (excludes halogenated alkanes) is 4. The largest absolute Gasteiger partial charge is 0.314 e. The molecule has 0 fully saturated rings. The Kier molecular flexibility index (Phi) is 7.90. The zero-order chi connectivity index (χ0) is 12.4. The molecule has 0 aromatic rings. The van der Waals surface area contributed by atoms with Crippen LogP contribution in [0.15, 0.2) is 12.2 Å². The summed E-state index contributed by atoms with van der Waals surface area (Å²) >= 11 is 0. The lowest BCUT2D eigenvalue weighted by Crippen LogP contribution is -2.44. The van der Waals surface area contributed by atoms with E-state index in [1.165, 1.54) is 25.7 Å². The summed E-state index contributed by atoms with van der Waals surface area (Å²) in [5.41, 5.74) is 0. The van der Waals surface area contributed by atoms with E-state index in [9.17, 15) is 4.79 Å². The Morgan fingerprint density at radius 2 is 1.88 bits per heavy atom. The Morgan fingerprint density at radius 1 is 1.19 bits per heavy atom. The van der Waals surface area contributed by atoms with Gasteiger partial charge in [0.2, 0.25) is 5.91 Å². The first-order chi connectivity index (χ1) is 7.45. The molecule has 0 unspecified atom stereocenters. The molecule has 0 rings (SSSR count). The molecule has 1 N–H and O–H groups in total. The van der Waals surface area contributed by atoms with Crippen LogP contribution in [0.25, 0.3) is 0 Å². The number of hydrogen-bond donors (Lipinski definition) is 1. The van der Waals surface area contributed by atoms with Gasteiger partial charge in [-0.1, -0.05) is 32.3 Å². The van der Waals surface area contributed by atoms with Gasteiger partial charge < -0.3 is 9.80 Å². The molecule has 0 aliphatic carbocycles. The highest BCUT2D eigenvalue weighted by Crippen LogP contribution is 2.02. The molecule has 0 saturated heterocycles. The Balaban J connectivity index is 3.52. The van der Waals surface area contributed by atoms with Crippen molar-refractivity contribution in [3.63, 3.8) is 0 Å².